The largest absolute Gasteiger partial charge is 0.479 e. The molecule has 1 aromatic heterocycles. The summed E-state index contributed by atoms with van der Waals surface area (Å²) >= 11 is 0. The fourth-order valence-electron chi connectivity index (χ4n) is 2.32. The van der Waals surface area contributed by atoms with E-state index in [0.717, 1.165) is 6.42 Å². The van der Waals surface area contributed by atoms with Gasteiger partial charge in [-0.15, -0.1) is 0 Å². The Morgan fingerprint density at radius 1 is 1.00 bits per heavy atom. The lowest BCUT2D eigenvalue weighted by Gasteiger charge is -2.09. The number of amides is 1. The van der Waals surface area contributed by atoms with Crippen molar-refractivity contribution in [2.24, 2.45) is 0 Å². The first-order valence-corrected chi connectivity index (χ1v) is 7.41. The van der Waals surface area contributed by atoms with Crippen LogP contribution < -0.4 is 10.1 Å². The minimum absolute atomic E-state index is 0.208. The van der Waals surface area contributed by atoms with E-state index in [-0.39, 0.29) is 17.5 Å². The summed E-state index contributed by atoms with van der Waals surface area (Å²) in [6, 6.07) is 17.4. The van der Waals surface area contributed by atoms with E-state index in [4.69, 9.17) is 4.74 Å². The van der Waals surface area contributed by atoms with E-state index in [1.165, 1.54) is 12.7 Å². The molecule has 3 aromatic rings. The van der Waals surface area contributed by atoms with Crippen molar-refractivity contribution in [3.05, 3.63) is 65.9 Å². The third-order valence-corrected chi connectivity index (χ3v) is 3.49. The summed E-state index contributed by atoms with van der Waals surface area (Å²) in [5, 5.41) is 2.87. The lowest BCUT2D eigenvalue weighted by molar-refractivity contribution is 0.0945. The van der Waals surface area contributed by atoms with Crippen molar-refractivity contribution in [3.63, 3.8) is 0 Å². The maximum Gasteiger partial charge on any atom is 0.275 e. The standard InChI is InChI=1S/C18H17N3O2/c1-23-18-16(20-14-9-5-6-10-15(14)21-18)17(22)19-12-11-13-7-3-2-4-8-13/h2-10H,11-12H2,1H3,(H,19,22). The van der Waals surface area contributed by atoms with Gasteiger partial charge in [-0.1, -0.05) is 42.5 Å². The molecule has 0 saturated carbocycles. The minimum atomic E-state index is -0.281. The van der Waals surface area contributed by atoms with Gasteiger partial charge in [-0.3, -0.25) is 4.79 Å². The zero-order chi connectivity index (χ0) is 16.1. The number of para-hydroxylation sites is 2. The Bertz CT molecular complexity index is 819. The molecule has 1 amide bonds. The molecule has 1 N–H and O–H groups in total. The molecule has 0 spiro atoms. The van der Waals surface area contributed by atoms with Crippen molar-refractivity contribution in [2.75, 3.05) is 13.7 Å². The SMILES string of the molecule is COc1nc2ccccc2nc1C(=O)NCCc1ccccc1. The summed E-state index contributed by atoms with van der Waals surface area (Å²) < 4.78 is 5.20. The van der Waals surface area contributed by atoms with E-state index in [0.29, 0.717) is 17.6 Å². The number of fused-ring (bicyclic) bond motifs is 1. The molecule has 5 heteroatoms. The lowest BCUT2D eigenvalue weighted by atomic mass is 10.1. The molecule has 0 aliphatic rings. The van der Waals surface area contributed by atoms with Gasteiger partial charge in [0.25, 0.3) is 5.91 Å². The molecular weight excluding hydrogens is 290 g/mol. The minimum Gasteiger partial charge on any atom is -0.479 e. The number of ether oxygens (including phenoxy) is 1. The Morgan fingerprint density at radius 2 is 1.65 bits per heavy atom. The van der Waals surface area contributed by atoms with E-state index in [1.54, 1.807) is 0 Å². The summed E-state index contributed by atoms with van der Waals surface area (Å²) in [7, 11) is 1.49. The zero-order valence-corrected chi connectivity index (χ0v) is 12.8. The topological polar surface area (TPSA) is 64.1 Å². The second-order valence-corrected chi connectivity index (χ2v) is 5.06. The Kier molecular flexibility index (Phi) is 4.47. The summed E-state index contributed by atoms with van der Waals surface area (Å²) in [6.45, 7) is 0.528. The second kappa shape index (κ2) is 6.87. The van der Waals surface area contributed by atoms with Crippen LogP contribution in [0.5, 0.6) is 5.88 Å². The highest BCUT2D eigenvalue weighted by Crippen LogP contribution is 2.18. The predicted molar refractivity (Wildman–Crippen MR) is 88.6 cm³/mol. The first kappa shape index (κ1) is 15.0. The number of rotatable bonds is 5. The number of benzene rings is 2. The lowest BCUT2D eigenvalue weighted by Crippen LogP contribution is -2.27. The van der Waals surface area contributed by atoms with Crippen molar-refractivity contribution in [3.8, 4) is 5.88 Å². The van der Waals surface area contributed by atoms with Crippen LogP contribution in [0.1, 0.15) is 16.1 Å². The number of nitrogens with zero attached hydrogens (tertiary/aromatic N) is 2. The molecule has 0 unspecified atom stereocenters. The molecule has 0 radical (unpaired) electrons. The molecule has 23 heavy (non-hydrogen) atoms. The van der Waals surface area contributed by atoms with E-state index >= 15 is 0 Å². The Labute approximate surface area is 134 Å². The van der Waals surface area contributed by atoms with E-state index in [1.807, 2.05) is 54.6 Å². The van der Waals surface area contributed by atoms with E-state index in [2.05, 4.69) is 15.3 Å². The van der Waals surface area contributed by atoms with Crippen LogP contribution in [0.3, 0.4) is 0 Å². The Balaban J connectivity index is 1.74. The van der Waals surface area contributed by atoms with Gasteiger partial charge in [0.15, 0.2) is 5.69 Å². The van der Waals surface area contributed by atoms with Crippen molar-refractivity contribution in [2.45, 2.75) is 6.42 Å². The van der Waals surface area contributed by atoms with Gasteiger partial charge in [0.05, 0.1) is 18.1 Å². The number of methoxy groups -OCH3 is 1. The van der Waals surface area contributed by atoms with Crippen LogP contribution in [0.2, 0.25) is 0 Å². The number of aromatic nitrogens is 2. The average Bonchev–Trinajstić information content (AvgIpc) is 2.61. The summed E-state index contributed by atoms with van der Waals surface area (Å²) in [5.41, 5.74) is 2.75. The quantitative estimate of drug-likeness (QED) is 0.787. The van der Waals surface area contributed by atoms with Gasteiger partial charge in [-0.25, -0.2) is 9.97 Å². The third-order valence-electron chi connectivity index (χ3n) is 3.49. The molecule has 1 heterocycles. The molecule has 3 rings (SSSR count). The van der Waals surface area contributed by atoms with E-state index in [9.17, 15) is 4.79 Å². The van der Waals surface area contributed by atoms with Crippen LogP contribution in [0.25, 0.3) is 11.0 Å². The zero-order valence-electron chi connectivity index (χ0n) is 12.8. The molecule has 0 saturated heterocycles. The van der Waals surface area contributed by atoms with E-state index < -0.39 is 0 Å². The van der Waals surface area contributed by atoms with Gasteiger partial charge in [0.2, 0.25) is 5.88 Å². The first-order chi connectivity index (χ1) is 11.3. The van der Waals surface area contributed by atoms with Crippen molar-refractivity contribution < 1.29 is 9.53 Å². The molecule has 5 nitrogen and oxygen atoms in total. The number of carbonyl (C=O) groups excluding carboxylic acids is 1. The first-order valence-electron chi connectivity index (χ1n) is 7.41. The number of hydrogen-bond donors (Lipinski definition) is 1. The fraction of sp³-hybridized carbons (Fsp3) is 0.167. The van der Waals surface area contributed by atoms with Gasteiger partial charge < -0.3 is 10.1 Å². The van der Waals surface area contributed by atoms with Crippen molar-refractivity contribution >= 4 is 16.9 Å². The number of carbonyl (C=O) groups is 1. The van der Waals surface area contributed by atoms with Crippen LogP contribution in [0, 0.1) is 0 Å². The van der Waals surface area contributed by atoms with Gasteiger partial charge in [0, 0.05) is 6.54 Å². The molecule has 0 atom stereocenters. The van der Waals surface area contributed by atoms with Crippen LogP contribution in [-0.4, -0.2) is 29.5 Å². The Hall–Kier alpha value is -2.95. The maximum absolute atomic E-state index is 12.4. The fourth-order valence-corrected chi connectivity index (χ4v) is 2.32. The van der Waals surface area contributed by atoms with Crippen molar-refractivity contribution in [1.82, 2.24) is 15.3 Å². The predicted octanol–water partition coefficient (Wildman–Crippen LogP) is 2.61. The smallest absolute Gasteiger partial charge is 0.275 e. The maximum atomic E-state index is 12.4. The molecule has 2 aromatic carbocycles. The molecule has 116 valence electrons. The molecular formula is C18H17N3O2. The summed E-state index contributed by atoms with van der Waals surface area (Å²) in [4.78, 5) is 21.1. The average molecular weight is 307 g/mol. The van der Waals surface area contributed by atoms with Gasteiger partial charge in [-0.2, -0.15) is 0 Å². The normalized spacial score (nSPS) is 10.5. The van der Waals surface area contributed by atoms with Crippen LogP contribution in [0.4, 0.5) is 0 Å². The second-order valence-electron chi connectivity index (χ2n) is 5.06. The molecule has 0 aliphatic carbocycles. The van der Waals surface area contributed by atoms with Crippen LogP contribution in [-0.2, 0) is 6.42 Å². The summed E-state index contributed by atoms with van der Waals surface area (Å²) in [6.07, 6.45) is 0.760. The molecule has 0 fully saturated rings. The van der Waals surface area contributed by atoms with Crippen molar-refractivity contribution in [1.29, 1.82) is 0 Å². The molecule has 0 bridgehead atoms. The van der Waals surface area contributed by atoms with Crippen LogP contribution in [0.15, 0.2) is 54.6 Å². The number of nitrogens with one attached hydrogen (secondary N) is 1. The number of hydrogen-bond acceptors (Lipinski definition) is 4. The highest BCUT2D eigenvalue weighted by atomic mass is 16.5. The molecule has 0 aliphatic heterocycles. The monoisotopic (exact) mass is 307 g/mol. The Morgan fingerprint density at radius 3 is 2.35 bits per heavy atom. The highest BCUT2D eigenvalue weighted by Gasteiger charge is 2.16. The van der Waals surface area contributed by atoms with Crippen LogP contribution >= 0.6 is 0 Å². The highest BCUT2D eigenvalue weighted by molar-refractivity contribution is 5.96. The summed E-state index contributed by atoms with van der Waals surface area (Å²) in [5.74, 6) is -0.0445. The van der Waals surface area contributed by atoms with Gasteiger partial charge >= 0.3 is 0 Å². The van der Waals surface area contributed by atoms with Gasteiger partial charge in [0.1, 0.15) is 0 Å². The van der Waals surface area contributed by atoms with Gasteiger partial charge in [-0.05, 0) is 24.1 Å². The third kappa shape index (κ3) is 3.45.